The maximum atomic E-state index is 13.0. The zero-order valence-corrected chi connectivity index (χ0v) is 15.9. The maximum absolute atomic E-state index is 13.0. The van der Waals surface area contributed by atoms with Crippen molar-refractivity contribution in [2.75, 3.05) is 0 Å². The van der Waals surface area contributed by atoms with Crippen LogP contribution in [0.1, 0.15) is 33.4 Å². The molecule has 3 aromatic carbocycles. The molecular formula is C23H21N3O3. The van der Waals surface area contributed by atoms with E-state index < -0.39 is 6.04 Å². The number of hydrogen-bond acceptors (Lipinski definition) is 4. The van der Waals surface area contributed by atoms with Crippen molar-refractivity contribution >= 4 is 16.9 Å². The summed E-state index contributed by atoms with van der Waals surface area (Å²) in [5.41, 5.74) is 3.84. The second-order valence-corrected chi connectivity index (χ2v) is 7.04. The Morgan fingerprint density at radius 1 is 1.03 bits per heavy atom. The number of H-pyrrole nitrogens is 1. The van der Waals surface area contributed by atoms with E-state index in [0.717, 1.165) is 22.2 Å². The van der Waals surface area contributed by atoms with Crippen LogP contribution in [0.15, 0.2) is 66.7 Å². The molecule has 0 aliphatic carbocycles. The molecule has 4 aromatic rings. The van der Waals surface area contributed by atoms with Crippen molar-refractivity contribution in [1.82, 2.24) is 15.3 Å². The molecule has 6 heteroatoms. The highest BCUT2D eigenvalue weighted by atomic mass is 16.3. The molecule has 0 fully saturated rings. The van der Waals surface area contributed by atoms with E-state index in [2.05, 4.69) is 15.3 Å². The molecule has 0 saturated heterocycles. The number of benzene rings is 3. The van der Waals surface area contributed by atoms with E-state index in [-0.39, 0.29) is 17.4 Å². The first-order valence-electron chi connectivity index (χ1n) is 9.32. The van der Waals surface area contributed by atoms with Gasteiger partial charge in [-0.2, -0.15) is 0 Å². The molecular weight excluding hydrogens is 366 g/mol. The number of carbonyl (C=O) groups is 1. The SMILES string of the molecule is Cc1ccc(O)cc1C(=O)NC(Cc1ccc(O)cc1)c1nc2ccccc2[nH]1. The minimum absolute atomic E-state index is 0.0413. The number of aryl methyl sites for hydroxylation is 1. The quantitative estimate of drug-likeness (QED) is 0.416. The van der Waals surface area contributed by atoms with Crippen molar-refractivity contribution in [3.05, 3.63) is 89.2 Å². The standard InChI is InChI=1S/C23H21N3O3/c1-14-6-9-17(28)13-18(14)23(29)26-21(12-15-7-10-16(27)11-8-15)22-24-19-4-2-3-5-20(19)25-22/h2-11,13,21,27-28H,12H2,1H3,(H,24,25)(H,26,29). The Labute approximate surface area is 167 Å². The summed E-state index contributed by atoms with van der Waals surface area (Å²) in [6.07, 6.45) is 0.490. The van der Waals surface area contributed by atoms with Gasteiger partial charge < -0.3 is 20.5 Å². The van der Waals surface area contributed by atoms with Gasteiger partial charge in [0, 0.05) is 5.56 Å². The smallest absolute Gasteiger partial charge is 0.252 e. The van der Waals surface area contributed by atoms with Gasteiger partial charge in [0.15, 0.2) is 0 Å². The number of imidazole rings is 1. The highest BCUT2D eigenvalue weighted by molar-refractivity contribution is 5.96. The summed E-state index contributed by atoms with van der Waals surface area (Å²) in [5.74, 6) is 0.584. The van der Waals surface area contributed by atoms with E-state index in [1.165, 1.54) is 6.07 Å². The largest absolute Gasteiger partial charge is 0.508 e. The van der Waals surface area contributed by atoms with Crippen LogP contribution in [0.2, 0.25) is 0 Å². The van der Waals surface area contributed by atoms with Gasteiger partial charge in [-0.1, -0.05) is 30.3 Å². The van der Waals surface area contributed by atoms with Crippen LogP contribution in [-0.4, -0.2) is 26.1 Å². The first-order valence-corrected chi connectivity index (χ1v) is 9.32. The number of fused-ring (bicyclic) bond motifs is 1. The lowest BCUT2D eigenvalue weighted by Crippen LogP contribution is -2.31. The zero-order valence-electron chi connectivity index (χ0n) is 15.9. The second-order valence-electron chi connectivity index (χ2n) is 7.04. The first-order chi connectivity index (χ1) is 14.0. The van der Waals surface area contributed by atoms with Gasteiger partial charge in [0.05, 0.1) is 17.1 Å². The lowest BCUT2D eigenvalue weighted by atomic mass is 10.0. The van der Waals surface area contributed by atoms with Crippen molar-refractivity contribution in [3.63, 3.8) is 0 Å². The van der Waals surface area contributed by atoms with Crippen LogP contribution in [0.25, 0.3) is 11.0 Å². The molecule has 0 saturated carbocycles. The number of rotatable bonds is 5. The molecule has 1 amide bonds. The van der Waals surface area contributed by atoms with Crippen LogP contribution in [-0.2, 0) is 6.42 Å². The van der Waals surface area contributed by atoms with Crippen molar-refractivity contribution in [2.45, 2.75) is 19.4 Å². The molecule has 0 aliphatic heterocycles. The third kappa shape index (κ3) is 4.06. The highest BCUT2D eigenvalue weighted by Gasteiger charge is 2.21. The highest BCUT2D eigenvalue weighted by Crippen LogP contribution is 2.23. The molecule has 1 unspecified atom stereocenters. The number of para-hydroxylation sites is 2. The summed E-state index contributed by atoms with van der Waals surface area (Å²) >= 11 is 0. The average Bonchev–Trinajstić information content (AvgIpc) is 3.15. The Morgan fingerprint density at radius 3 is 2.52 bits per heavy atom. The van der Waals surface area contributed by atoms with Crippen molar-refractivity contribution in [3.8, 4) is 11.5 Å². The molecule has 29 heavy (non-hydrogen) atoms. The predicted molar refractivity (Wildman–Crippen MR) is 111 cm³/mol. The third-order valence-corrected chi connectivity index (χ3v) is 4.89. The second kappa shape index (κ2) is 7.67. The van der Waals surface area contributed by atoms with E-state index in [4.69, 9.17) is 0 Å². The third-order valence-electron chi connectivity index (χ3n) is 4.89. The van der Waals surface area contributed by atoms with Gasteiger partial charge in [0.2, 0.25) is 0 Å². The number of aromatic amines is 1. The number of phenols is 2. The maximum Gasteiger partial charge on any atom is 0.252 e. The van der Waals surface area contributed by atoms with Crippen LogP contribution in [0, 0.1) is 6.92 Å². The van der Waals surface area contributed by atoms with Gasteiger partial charge >= 0.3 is 0 Å². The molecule has 0 spiro atoms. The monoisotopic (exact) mass is 387 g/mol. The fourth-order valence-electron chi connectivity index (χ4n) is 3.31. The Hall–Kier alpha value is -3.80. The number of nitrogens with zero attached hydrogens (tertiary/aromatic N) is 1. The van der Waals surface area contributed by atoms with Crippen LogP contribution in [0.5, 0.6) is 11.5 Å². The minimum Gasteiger partial charge on any atom is -0.508 e. The lowest BCUT2D eigenvalue weighted by Gasteiger charge is -2.18. The van der Waals surface area contributed by atoms with Gasteiger partial charge in [-0.05, 0) is 60.9 Å². The fourth-order valence-corrected chi connectivity index (χ4v) is 3.31. The number of nitrogens with one attached hydrogen (secondary N) is 2. The van der Waals surface area contributed by atoms with Crippen molar-refractivity contribution in [2.24, 2.45) is 0 Å². The molecule has 0 aliphatic rings. The van der Waals surface area contributed by atoms with Crippen LogP contribution in [0.4, 0.5) is 0 Å². The van der Waals surface area contributed by atoms with E-state index in [1.807, 2.05) is 43.3 Å². The number of aromatic hydroxyl groups is 2. The number of hydrogen-bond donors (Lipinski definition) is 4. The summed E-state index contributed by atoms with van der Waals surface area (Å²) in [5, 5.41) is 22.3. The molecule has 1 atom stereocenters. The first kappa shape index (κ1) is 18.6. The normalized spacial score (nSPS) is 12.0. The summed E-state index contributed by atoms with van der Waals surface area (Å²) in [4.78, 5) is 20.9. The average molecular weight is 387 g/mol. The van der Waals surface area contributed by atoms with Gasteiger partial charge in [-0.15, -0.1) is 0 Å². The van der Waals surface area contributed by atoms with E-state index in [9.17, 15) is 15.0 Å². The van der Waals surface area contributed by atoms with Gasteiger partial charge in [0.1, 0.15) is 17.3 Å². The lowest BCUT2D eigenvalue weighted by molar-refractivity contribution is 0.0934. The molecule has 6 nitrogen and oxygen atoms in total. The molecule has 0 radical (unpaired) electrons. The van der Waals surface area contributed by atoms with E-state index in [1.54, 1.807) is 24.3 Å². The Bertz CT molecular complexity index is 1130. The molecule has 146 valence electrons. The number of phenolic OH excluding ortho intramolecular Hbond substituents is 2. The summed E-state index contributed by atoms with van der Waals surface area (Å²) < 4.78 is 0. The molecule has 1 aromatic heterocycles. The summed E-state index contributed by atoms with van der Waals surface area (Å²) in [6.45, 7) is 1.82. The number of carbonyl (C=O) groups excluding carboxylic acids is 1. The van der Waals surface area contributed by atoms with Crippen LogP contribution < -0.4 is 5.32 Å². The molecule has 0 bridgehead atoms. The van der Waals surface area contributed by atoms with E-state index >= 15 is 0 Å². The summed E-state index contributed by atoms with van der Waals surface area (Å²) in [6, 6.07) is 18.9. The summed E-state index contributed by atoms with van der Waals surface area (Å²) in [7, 11) is 0. The van der Waals surface area contributed by atoms with E-state index in [0.29, 0.717) is 17.8 Å². The zero-order chi connectivity index (χ0) is 20.4. The van der Waals surface area contributed by atoms with Crippen LogP contribution in [0.3, 0.4) is 0 Å². The Morgan fingerprint density at radius 2 is 1.76 bits per heavy atom. The minimum atomic E-state index is -0.416. The predicted octanol–water partition coefficient (Wildman–Crippen LogP) is 4.00. The molecule has 4 rings (SSSR count). The molecule has 4 N–H and O–H groups in total. The van der Waals surface area contributed by atoms with Gasteiger partial charge in [-0.3, -0.25) is 4.79 Å². The number of amides is 1. The van der Waals surface area contributed by atoms with Gasteiger partial charge in [0.25, 0.3) is 5.91 Å². The Balaban J connectivity index is 1.68. The molecule has 1 heterocycles. The topological polar surface area (TPSA) is 98.2 Å². The Kier molecular flexibility index (Phi) is 4.91. The van der Waals surface area contributed by atoms with Crippen molar-refractivity contribution in [1.29, 1.82) is 0 Å². The van der Waals surface area contributed by atoms with Gasteiger partial charge in [-0.25, -0.2) is 4.98 Å². The van der Waals surface area contributed by atoms with Crippen molar-refractivity contribution < 1.29 is 15.0 Å². The number of aromatic nitrogens is 2. The van der Waals surface area contributed by atoms with Crippen LogP contribution >= 0.6 is 0 Å². The fraction of sp³-hybridized carbons (Fsp3) is 0.130.